The van der Waals surface area contributed by atoms with Crippen molar-refractivity contribution < 1.29 is 26.9 Å². The van der Waals surface area contributed by atoms with E-state index in [0.717, 1.165) is 6.07 Å². The Labute approximate surface area is 159 Å². The summed E-state index contributed by atoms with van der Waals surface area (Å²) in [4.78, 5) is 18.4. The summed E-state index contributed by atoms with van der Waals surface area (Å²) in [6, 6.07) is 7.14. The summed E-state index contributed by atoms with van der Waals surface area (Å²) in [7, 11) is -0.680. The van der Waals surface area contributed by atoms with Gasteiger partial charge in [-0.3, -0.25) is 9.52 Å². The van der Waals surface area contributed by atoms with Crippen molar-refractivity contribution in [3.05, 3.63) is 52.7 Å². The third kappa shape index (κ3) is 4.09. The number of nitrogens with one attached hydrogen (secondary N) is 2. The third-order valence-corrected chi connectivity index (χ3v) is 4.79. The van der Waals surface area contributed by atoms with Crippen LogP contribution in [0, 0.1) is 5.82 Å². The first kappa shape index (κ1) is 19.7. The zero-order chi connectivity index (χ0) is 20.3. The Morgan fingerprint density at radius 1 is 1.25 bits per heavy atom. The molecule has 28 heavy (non-hydrogen) atoms. The summed E-state index contributed by atoms with van der Waals surface area (Å²) >= 11 is 0. The first-order valence-corrected chi connectivity index (χ1v) is 9.00. The largest absolute Gasteiger partial charge is 0.479 e. The summed E-state index contributed by atoms with van der Waals surface area (Å²) in [5.41, 5.74) is -0.424. The van der Waals surface area contributed by atoms with E-state index in [1.807, 2.05) is 0 Å². The van der Waals surface area contributed by atoms with Gasteiger partial charge in [0.1, 0.15) is 5.69 Å². The Balaban J connectivity index is 1.93. The minimum Gasteiger partial charge on any atom is -0.479 e. The van der Waals surface area contributed by atoms with E-state index in [0.29, 0.717) is 10.8 Å². The van der Waals surface area contributed by atoms with E-state index in [4.69, 9.17) is 4.74 Å². The van der Waals surface area contributed by atoms with Gasteiger partial charge in [-0.05, 0) is 18.2 Å². The van der Waals surface area contributed by atoms with Gasteiger partial charge < -0.3 is 14.5 Å². The molecule has 0 bridgehead atoms. The molecule has 148 valence electrons. The highest BCUT2D eigenvalue weighted by molar-refractivity contribution is 7.86. The van der Waals surface area contributed by atoms with Gasteiger partial charge in [0.15, 0.2) is 23.4 Å². The molecule has 7 nitrogen and oxygen atoms in total. The van der Waals surface area contributed by atoms with Gasteiger partial charge in [0.05, 0.1) is 12.0 Å². The molecule has 0 aliphatic heterocycles. The first-order valence-electron chi connectivity index (χ1n) is 7.85. The molecule has 1 atom stereocenters. The van der Waals surface area contributed by atoms with Crippen LogP contribution in [0.2, 0.25) is 0 Å². The highest BCUT2D eigenvalue weighted by Crippen LogP contribution is 2.30. The molecule has 0 aliphatic rings. The second kappa shape index (κ2) is 8.30. The second-order valence-corrected chi connectivity index (χ2v) is 6.61. The molecule has 0 radical (unpaired) electrons. The van der Waals surface area contributed by atoms with Crippen molar-refractivity contribution >= 4 is 27.4 Å². The number of anilines is 1. The van der Waals surface area contributed by atoms with E-state index in [1.54, 1.807) is 24.3 Å². The van der Waals surface area contributed by atoms with Crippen molar-refractivity contribution in [2.24, 2.45) is 0 Å². The van der Waals surface area contributed by atoms with Gasteiger partial charge in [0.2, 0.25) is 5.88 Å². The normalized spacial score (nSPS) is 12.2. The minimum atomic E-state index is -2.80. The number of nitrogens with zero attached hydrogens (tertiary/aromatic N) is 1. The predicted octanol–water partition coefficient (Wildman–Crippen LogP) is 2.85. The van der Waals surface area contributed by atoms with E-state index in [9.17, 15) is 22.2 Å². The zero-order valence-corrected chi connectivity index (χ0v) is 15.2. The number of pyridine rings is 2. The molecule has 2 aromatic heterocycles. The number of benzene rings is 1. The zero-order valence-electron chi connectivity index (χ0n) is 14.4. The number of aromatic nitrogens is 2. The van der Waals surface area contributed by atoms with Gasteiger partial charge in [0.25, 0.3) is 17.9 Å². The van der Waals surface area contributed by atoms with Crippen LogP contribution in [-0.2, 0) is 11.0 Å². The highest BCUT2D eigenvalue weighted by Gasteiger charge is 2.18. The number of alkyl halides is 2. The van der Waals surface area contributed by atoms with Crippen molar-refractivity contribution in [2.45, 2.75) is 11.3 Å². The number of fused-ring (bicyclic) bond motifs is 1. The summed E-state index contributed by atoms with van der Waals surface area (Å²) in [6.07, 6.45) is -1.38. The van der Waals surface area contributed by atoms with E-state index < -0.39 is 35.7 Å². The Morgan fingerprint density at radius 2 is 2.04 bits per heavy atom. The molecule has 0 amide bonds. The number of aromatic amines is 1. The first-order chi connectivity index (χ1) is 13.4. The summed E-state index contributed by atoms with van der Waals surface area (Å²) in [5.74, 6) is -1.89. The molecule has 3 rings (SSSR count). The standard InChI is InChI=1S/C17H14F3N3O4S/c1-26-17-12(7-11(18)16(22-17)27-8-14(19)20)23-28(25)13-4-2-3-10-9(13)5-6-21-15(10)24/h2-7,14,23H,8H2,1H3,(H,21,24). The van der Waals surface area contributed by atoms with Crippen molar-refractivity contribution in [3.8, 4) is 11.8 Å². The summed E-state index contributed by atoms with van der Waals surface area (Å²) in [5, 5.41) is 0.781. The molecular weight excluding hydrogens is 399 g/mol. The van der Waals surface area contributed by atoms with Crippen LogP contribution >= 0.6 is 0 Å². The van der Waals surface area contributed by atoms with Crippen LogP contribution in [0.4, 0.5) is 18.9 Å². The minimum absolute atomic E-state index is 0.0791. The summed E-state index contributed by atoms with van der Waals surface area (Å²) < 4.78 is 63.5. The fraction of sp³-hybridized carbons (Fsp3) is 0.176. The third-order valence-electron chi connectivity index (χ3n) is 3.63. The monoisotopic (exact) mass is 413 g/mol. The number of rotatable bonds is 7. The van der Waals surface area contributed by atoms with Gasteiger partial charge >= 0.3 is 0 Å². The maximum absolute atomic E-state index is 14.1. The molecule has 0 spiro atoms. The van der Waals surface area contributed by atoms with E-state index >= 15 is 0 Å². The lowest BCUT2D eigenvalue weighted by atomic mass is 10.2. The summed E-state index contributed by atoms with van der Waals surface area (Å²) in [6.45, 7) is -1.03. The number of ether oxygens (including phenoxy) is 2. The molecule has 0 aliphatic carbocycles. The Bertz CT molecular complexity index is 1090. The predicted molar refractivity (Wildman–Crippen MR) is 96.8 cm³/mol. The highest BCUT2D eigenvalue weighted by atomic mass is 32.2. The number of methoxy groups -OCH3 is 1. The smallest absolute Gasteiger partial charge is 0.272 e. The quantitative estimate of drug-likeness (QED) is 0.621. The number of hydrogen-bond acceptors (Lipinski definition) is 5. The van der Waals surface area contributed by atoms with E-state index in [-0.39, 0.29) is 22.0 Å². The molecule has 2 heterocycles. The van der Waals surface area contributed by atoms with Crippen molar-refractivity contribution in [1.82, 2.24) is 9.97 Å². The van der Waals surface area contributed by atoms with Crippen molar-refractivity contribution in [3.63, 3.8) is 0 Å². The lowest BCUT2D eigenvalue weighted by Crippen LogP contribution is -2.12. The topological polar surface area (TPSA) is 93.3 Å². The molecule has 1 aromatic carbocycles. The van der Waals surface area contributed by atoms with Crippen LogP contribution in [0.3, 0.4) is 0 Å². The Kier molecular flexibility index (Phi) is 5.83. The van der Waals surface area contributed by atoms with Crippen LogP contribution < -0.4 is 19.8 Å². The molecule has 1 unspecified atom stereocenters. The second-order valence-electron chi connectivity index (χ2n) is 5.43. The Morgan fingerprint density at radius 3 is 2.75 bits per heavy atom. The Hall–Kier alpha value is -3.08. The number of halogens is 3. The lowest BCUT2D eigenvalue weighted by molar-refractivity contribution is 0.0770. The average molecular weight is 413 g/mol. The molecule has 0 saturated heterocycles. The molecule has 2 N–H and O–H groups in total. The van der Waals surface area contributed by atoms with Gasteiger partial charge in [-0.15, -0.1) is 0 Å². The fourth-order valence-electron chi connectivity index (χ4n) is 2.44. The molecule has 0 saturated carbocycles. The van der Waals surface area contributed by atoms with Gasteiger partial charge in [0, 0.05) is 23.0 Å². The number of H-pyrrole nitrogens is 1. The fourth-order valence-corrected chi connectivity index (χ4v) is 3.47. The van der Waals surface area contributed by atoms with Crippen molar-refractivity contribution in [2.75, 3.05) is 18.4 Å². The number of hydrogen-bond donors (Lipinski definition) is 2. The van der Waals surface area contributed by atoms with Crippen LogP contribution in [0.5, 0.6) is 11.8 Å². The van der Waals surface area contributed by atoms with Crippen LogP contribution in [0.1, 0.15) is 0 Å². The van der Waals surface area contributed by atoms with Crippen molar-refractivity contribution in [1.29, 1.82) is 0 Å². The van der Waals surface area contributed by atoms with E-state index in [2.05, 4.69) is 19.4 Å². The van der Waals surface area contributed by atoms with Gasteiger partial charge in [-0.25, -0.2) is 17.4 Å². The molecule has 0 fully saturated rings. The maximum atomic E-state index is 14.1. The molecule has 3 aromatic rings. The maximum Gasteiger partial charge on any atom is 0.272 e. The van der Waals surface area contributed by atoms with Gasteiger partial charge in [-0.1, -0.05) is 6.07 Å². The van der Waals surface area contributed by atoms with Crippen LogP contribution in [0.15, 0.2) is 46.2 Å². The molecule has 11 heteroatoms. The average Bonchev–Trinajstić information content (AvgIpc) is 2.67. The van der Waals surface area contributed by atoms with Crippen LogP contribution in [-0.4, -0.2) is 34.3 Å². The van der Waals surface area contributed by atoms with Gasteiger partial charge in [-0.2, -0.15) is 4.98 Å². The lowest BCUT2D eigenvalue weighted by Gasteiger charge is -2.13. The SMILES string of the molecule is COc1nc(OCC(F)F)c(F)cc1NS(=O)c1cccc2c(=O)[nH]ccc12. The molecular formula is C17H14F3N3O4S. The van der Waals surface area contributed by atoms with E-state index in [1.165, 1.54) is 13.3 Å². The van der Waals surface area contributed by atoms with Crippen LogP contribution in [0.25, 0.3) is 10.8 Å².